The fourth-order valence-electron chi connectivity index (χ4n) is 1.03. The predicted octanol–water partition coefficient (Wildman–Crippen LogP) is 1.16. The van der Waals surface area contributed by atoms with Crippen LogP contribution < -0.4 is 10.6 Å². The number of rotatable bonds is 4. The summed E-state index contributed by atoms with van der Waals surface area (Å²) in [5.41, 5.74) is 0.206. The van der Waals surface area contributed by atoms with Gasteiger partial charge in [0, 0.05) is 5.69 Å². The van der Waals surface area contributed by atoms with Crippen LogP contribution in [0.25, 0.3) is 0 Å². The van der Waals surface area contributed by atoms with Crippen molar-refractivity contribution in [2.24, 2.45) is 0 Å². The highest BCUT2D eigenvalue weighted by molar-refractivity contribution is 9.10. The number of aliphatic hydroxyl groups excluding tert-OH is 1. The smallest absolute Gasteiger partial charge is 0.334 e. The molecular formula is C10H10BrFN2O4. The van der Waals surface area contributed by atoms with Crippen LogP contribution in [0.4, 0.5) is 14.9 Å². The van der Waals surface area contributed by atoms with E-state index in [0.717, 1.165) is 6.07 Å². The van der Waals surface area contributed by atoms with E-state index in [2.05, 4.69) is 26.6 Å². The maximum atomic E-state index is 13.1. The van der Waals surface area contributed by atoms with Crippen molar-refractivity contribution >= 4 is 33.6 Å². The molecule has 0 aromatic heterocycles. The van der Waals surface area contributed by atoms with Gasteiger partial charge in [-0.1, -0.05) is 0 Å². The van der Waals surface area contributed by atoms with Crippen molar-refractivity contribution in [1.82, 2.24) is 5.32 Å². The summed E-state index contributed by atoms with van der Waals surface area (Å²) in [7, 11) is 0. The minimum Gasteiger partial charge on any atom is -0.479 e. The topological polar surface area (TPSA) is 98.7 Å². The summed E-state index contributed by atoms with van der Waals surface area (Å²) in [4.78, 5) is 21.6. The molecule has 1 atom stereocenters. The van der Waals surface area contributed by atoms with Crippen LogP contribution in [-0.4, -0.2) is 34.9 Å². The van der Waals surface area contributed by atoms with Crippen LogP contribution in [-0.2, 0) is 4.79 Å². The molecule has 98 valence electrons. The van der Waals surface area contributed by atoms with Gasteiger partial charge in [-0.25, -0.2) is 14.0 Å². The summed E-state index contributed by atoms with van der Waals surface area (Å²) in [6.45, 7) is -0.444. The molecule has 2 amide bonds. The Morgan fingerprint density at radius 1 is 1.44 bits per heavy atom. The first-order chi connectivity index (χ1) is 8.40. The van der Waals surface area contributed by atoms with E-state index in [1.165, 1.54) is 12.1 Å². The van der Waals surface area contributed by atoms with Gasteiger partial charge >= 0.3 is 12.0 Å². The zero-order chi connectivity index (χ0) is 13.7. The number of hydrogen-bond acceptors (Lipinski definition) is 3. The van der Waals surface area contributed by atoms with E-state index >= 15 is 0 Å². The van der Waals surface area contributed by atoms with Crippen LogP contribution in [0.1, 0.15) is 0 Å². The highest BCUT2D eigenvalue weighted by atomic mass is 79.9. The Morgan fingerprint density at radius 3 is 2.67 bits per heavy atom. The Hall–Kier alpha value is -1.67. The number of carbonyl (C=O) groups is 2. The number of urea groups is 1. The number of carboxylic acid groups (broad SMARTS) is 1. The number of aliphatic carboxylic acids is 1. The lowest BCUT2D eigenvalue weighted by Crippen LogP contribution is -2.38. The van der Waals surface area contributed by atoms with E-state index in [1.807, 2.05) is 0 Å². The molecule has 0 heterocycles. The average molecular weight is 321 g/mol. The van der Waals surface area contributed by atoms with Crippen LogP contribution in [0, 0.1) is 5.82 Å². The fourth-order valence-corrected chi connectivity index (χ4v) is 1.27. The molecule has 1 aromatic rings. The van der Waals surface area contributed by atoms with Crippen molar-refractivity contribution in [3.63, 3.8) is 0 Å². The second-order valence-electron chi connectivity index (χ2n) is 3.32. The number of hydrogen-bond donors (Lipinski definition) is 4. The number of carbonyl (C=O) groups excluding carboxylic acids is 1. The number of aliphatic hydroxyl groups is 1. The molecule has 18 heavy (non-hydrogen) atoms. The van der Waals surface area contributed by atoms with Crippen LogP contribution in [0.3, 0.4) is 0 Å². The third-order valence-corrected chi connectivity index (χ3v) is 2.56. The van der Waals surface area contributed by atoms with Crippen LogP contribution in [0.2, 0.25) is 0 Å². The molecule has 0 aliphatic heterocycles. The monoisotopic (exact) mass is 320 g/mol. The maximum absolute atomic E-state index is 13.1. The lowest BCUT2D eigenvalue weighted by Gasteiger charge is -2.09. The Labute approximate surface area is 110 Å². The third-order valence-electron chi connectivity index (χ3n) is 1.92. The van der Waals surface area contributed by atoms with Crippen molar-refractivity contribution in [2.45, 2.75) is 6.10 Å². The van der Waals surface area contributed by atoms with Crippen molar-refractivity contribution in [2.75, 3.05) is 11.9 Å². The molecule has 8 heteroatoms. The number of carboxylic acids is 1. The molecule has 0 unspecified atom stereocenters. The first-order valence-corrected chi connectivity index (χ1v) is 5.60. The second kappa shape index (κ2) is 6.31. The first-order valence-electron chi connectivity index (χ1n) is 4.81. The van der Waals surface area contributed by atoms with E-state index in [0.29, 0.717) is 0 Å². The van der Waals surface area contributed by atoms with Gasteiger partial charge in [0.05, 0.1) is 11.0 Å². The van der Waals surface area contributed by atoms with Crippen molar-refractivity contribution < 1.29 is 24.2 Å². The minimum absolute atomic E-state index is 0.206. The normalized spacial score (nSPS) is 11.7. The van der Waals surface area contributed by atoms with E-state index in [4.69, 9.17) is 10.2 Å². The molecule has 1 rings (SSSR count). The molecule has 6 nitrogen and oxygen atoms in total. The molecule has 0 spiro atoms. The van der Waals surface area contributed by atoms with Gasteiger partial charge in [-0.2, -0.15) is 0 Å². The highest BCUT2D eigenvalue weighted by Crippen LogP contribution is 2.19. The first kappa shape index (κ1) is 14.4. The highest BCUT2D eigenvalue weighted by Gasteiger charge is 2.14. The predicted molar refractivity (Wildman–Crippen MR) is 64.8 cm³/mol. The van der Waals surface area contributed by atoms with Crippen molar-refractivity contribution in [3.05, 3.63) is 28.5 Å². The fraction of sp³-hybridized carbons (Fsp3) is 0.200. The number of nitrogens with one attached hydrogen (secondary N) is 2. The lowest BCUT2D eigenvalue weighted by molar-refractivity contribution is -0.146. The van der Waals surface area contributed by atoms with Crippen LogP contribution >= 0.6 is 15.9 Å². The van der Waals surface area contributed by atoms with Crippen molar-refractivity contribution in [3.8, 4) is 0 Å². The number of halogens is 2. The summed E-state index contributed by atoms with van der Waals surface area (Å²) in [6, 6.07) is 3.23. The van der Waals surface area contributed by atoms with E-state index in [9.17, 15) is 14.0 Å². The molecule has 0 saturated heterocycles. The van der Waals surface area contributed by atoms with Gasteiger partial charge < -0.3 is 20.8 Å². The standard InChI is InChI=1S/C10H10BrFN2O4/c11-6-2-1-5(3-7(6)12)14-10(18)13-4-8(15)9(16)17/h1-3,8,15H,4H2,(H,16,17)(H2,13,14,18)/t8-/m0/s1. The van der Waals surface area contributed by atoms with Crippen LogP contribution in [0.15, 0.2) is 22.7 Å². The van der Waals surface area contributed by atoms with Gasteiger partial charge in [0.1, 0.15) is 5.82 Å². The van der Waals surface area contributed by atoms with Gasteiger partial charge in [0.25, 0.3) is 0 Å². The summed E-state index contributed by atoms with van der Waals surface area (Å²) in [5, 5.41) is 21.7. The average Bonchev–Trinajstić information content (AvgIpc) is 2.30. The van der Waals surface area contributed by atoms with E-state index in [-0.39, 0.29) is 10.2 Å². The Balaban J connectivity index is 2.49. The Kier molecular flexibility index (Phi) is 5.05. The number of amides is 2. The zero-order valence-electron chi connectivity index (χ0n) is 8.98. The number of anilines is 1. The Morgan fingerprint density at radius 2 is 2.11 bits per heavy atom. The van der Waals surface area contributed by atoms with E-state index in [1.54, 1.807) is 0 Å². The molecule has 0 fully saturated rings. The van der Waals surface area contributed by atoms with Gasteiger partial charge in [0.2, 0.25) is 0 Å². The summed E-state index contributed by atoms with van der Waals surface area (Å²) >= 11 is 2.96. The lowest BCUT2D eigenvalue weighted by atomic mass is 10.3. The second-order valence-corrected chi connectivity index (χ2v) is 4.17. The molecule has 4 N–H and O–H groups in total. The molecule has 0 bridgehead atoms. The molecule has 0 radical (unpaired) electrons. The minimum atomic E-state index is -1.68. The van der Waals surface area contributed by atoms with Crippen molar-refractivity contribution in [1.29, 1.82) is 0 Å². The van der Waals surface area contributed by atoms with Gasteiger partial charge in [-0.3, -0.25) is 0 Å². The summed E-state index contributed by atoms with van der Waals surface area (Å²) < 4.78 is 13.4. The third kappa shape index (κ3) is 4.30. The quantitative estimate of drug-likeness (QED) is 0.669. The van der Waals surface area contributed by atoms with Gasteiger partial charge in [-0.05, 0) is 34.1 Å². The molecular weight excluding hydrogens is 311 g/mol. The maximum Gasteiger partial charge on any atom is 0.334 e. The summed E-state index contributed by atoms with van der Waals surface area (Å²) in [5.74, 6) is -1.98. The number of benzene rings is 1. The largest absolute Gasteiger partial charge is 0.479 e. The van der Waals surface area contributed by atoms with E-state index < -0.39 is 30.5 Å². The molecule has 0 saturated carbocycles. The molecule has 1 aromatic carbocycles. The molecule has 0 aliphatic rings. The Bertz CT molecular complexity index is 469. The zero-order valence-corrected chi connectivity index (χ0v) is 10.6. The van der Waals surface area contributed by atoms with Gasteiger partial charge in [0.15, 0.2) is 6.10 Å². The van der Waals surface area contributed by atoms with Crippen LogP contribution in [0.5, 0.6) is 0 Å². The molecule has 0 aliphatic carbocycles. The SMILES string of the molecule is O=C(NC[C@H](O)C(=O)O)Nc1ccc(Br)c(F)c1. The summed E-state index contributed by atoms with van der Waals surface area (Å²) in [6.07, 6.45) is -1.68. The van der Waals surface area contributed by atoms with Gasteiger partial charge in [-0.15, -0.1) is 0 Å².